The number of carbonyl (C=O) groups excluding carboxylic acids is 1. The number of nitrogens with zero attached hydrogens (tertiary/aromatic N) is 4. The number of aromatic nitrogens is 2. The molecule has 8 nitrogen and oxygen atoms in total. The van der Waals surface area contributed by atoms with Crippen LogP contribution in [0.4, 0.5) is 0 Å². The predicted octanol–water partition coefficient (Wildman–Crippen LogP) is 1.11. The van der Waals surface area contributed by atoms with Gasteiger partial charge < -0.3 is 15.1 Å². The van der Waals surface area contributed by atoms with Crippen LogP contribution in [0.25, 0.3) is 0 Å². The predicted molar refractivity (Wildman–Crippen MR) is 98.0 cm³/mol. The number of fused-ring (bicyclic) bond motifs is 1. The lowest BCUT2D eigenvalue weighted by atomic mass is 10.1. The SMILES string of the molecule is CN(C)C(=O)CC(O)c1cc2n(n1)CCN(Cc1ccc(C(=O)O)cc1)C2. The molecule has 1 aliphatic heterocycles. The second-order valence-corrected chi connectivity index (χ2v) is 7.00. The summed E-state index contributed by atoms with van der Waals surface area (Å²) in [6.45, 7) is 2.91. The number of aromatic carboxylic acids is 1. The molecule has 0 saturated carbocycles. The second kappa shape index (κ2) is 7.89. The van der Waals surface area contributed by atoms with Crippen molar-refractivity contribution in [2.45, 2.75) is 32.2 Å². The van der Waals surface area contributed by atoms with Crippen molar-refractivity contribution < 1.29 is 19.8 Å². The summed E-state index contributed by atoms with van der Waals surface area (Å²) >= 11 is 0. The number of carboxylic acids is 1. The Hall–Kier alpha value is -2.71. The highest BCUT2D eigenvalue weighted by molar-refractivity contribution is 5.87. The van der Waals surface area contributed by atoms with Gasteiger partial charge in [0.25, 0.3) is 0 Å². The minimum atomic E-state index is -0.928. The number of rotatable bonds is 6. The van der Waals surface area contributed by atoms with Crippen LogP contribution in [0.15, 0.2) is 30.3 Å². The highest BCUT2D eigenvalue weighted by Gasteiger charge is 2.23. The quantitative estimate of drug-likeness (QED) is 0.788. The molecule has 0 spiro atoms. The minimum Gasteiger partial charge on any atom is -0.478 e. The number of carbonyl (C=O) groups is 2. The second-order valence-electron chi connectivity index (χ2n) is 7.00. The van der Waals surface area contributed by atoms with Crippen molar-refractivity contribution in [1.29, 1.82) is 0 Å². The lowest BCUT2D eigenvalue weighted by Gasteiger charge is -2.27. The van der Waals surface area contributed by atoms with E-state index in [1.54, 1.807) is 26.2 Å². The lowest BCUT2D eigenvalue weighted by Crippen LogP contribution is -2.33. The van der Waals surface area contributed by atoms with Crippen molar-refractivity contribution in [3.05, 3.63) is 52.8 Å². The highest BCUT2D eigenvalue weighted by atomic mass is 16.4. The van der Waals surface area contributed by atoms with Crippen LogP contribution >= 0.6 is 0 Å². The lowest BCUT2D eigenvalue weighted by molar-refractivity contribution is -0.130. The van der Waals surface area contributed by atoms with Gasteiger partial charge in [0.1, 0.15) is 6.10 Å². The van der Waals surface area contributed by atoms with Crippen LogP contribution in [-0.4, -0.2) is 62.3 Å². The van der Waals surface area contributed by atoms with Crippen LogP contribution in [0, 0.1) is 0 Å². The molecule has 8 heteroatoms. The van der Waals surface area contributed by atoms with Gasteiger partial charge >= 0.3 is 5.97 Å². The average Bonchev–Trinajstić information content (AvgIpc) is 3.05. The summed E-state index contributed by atoms with van der Waals surface area (Å²) in [4.78, 5) is 26.4. The van der Waals surface area contributed by atoms with Crippen molar-refractivity contribution in [3.8, 4) is 0 Å². The molecule has 1 amide bonds. The molecule has 1 aromatic carbocycles. The summed E-state index contributed by atoms with van der Waals surface area (Å²) in [6, 6.07) is 8.74. The molecule has 2 aromatic rings. The number of hydrogen-bond acceptors (Lipinski definition) is 5. The van der Waals surface area contributed by atoms with Crippen LogP contribution < -0.4 is 0 Å². The maximum absolute atomic E-state index is 11.8. The number of amides is 1. The van der Waals surface area contributed by atoms with E-state index >= 15 is 0 Å². The van der Waals surface area contributed by atoms with E-state index in [4.69, 9.17) is 5.11 Å². The fraction of sp³-hybridized carbons (Fsp3) is 0.421. The van der Waals surface area contributed by atoms with Gasteiger partial charge in [-0.25, -0.2) is 4.79 Å². The summed E-state index contributed by atoms with van der Waals surface area (Å²) in [5.41, 5.74) is 2.84. The van der Waals surface area contributed by atoms with Crippen molar-refractivity contribution in [1.82, 2.24) is 19.6 Å². The molecule has 0 saturated heterocycles. The zero-order valence-electron chi connectivity index (χ0n) is 15.5. The monoisotopic (exact) mass is 372 g/mol. The fourth-order valence-electron chi connectivity index (χ4n) is 3.10. The highest BCUT2D eigenvalue weighted by Crippen LogP contribution is 2.22. The van der Waals surface area contributed by atoms with Crippen molar-refractivity contribution in [2.24, 2.45) is 0 Å². The Morgan fingerprint density at radius 3 is 2.56 bits per heavy atom. The van der Waals surface area contributed by atoms with E-state index in [-0.39, 0.29) is 17.9 Å². The number of aliphatic hydroxyl groups excluding tert-OH is 1. The summed E-state index contributed by atoms with van der Waals surface area (Å²) in [5, 5.41) is 23.7. The van der Waals surface area contributed by atoms with Gasteiger partial charge in [0.2, 0.25) is 5.91 Å². The molecule has 0 fully saturated rings. The van der Waals surface area contributed by atoms with E-state index in [1.165, 1.54) is 4.90 Å². The Balaban J connectivity index is 1.63. The maximum atomic E-state index is 11.8. The summed E-state index contributed by atoms with van der Waals surface area (Å²) in [7, 11) is 3.32. The number of benzene rings is 1. The normalized spacial score (nSPS) is 15.2. The molecule has 0 radical (unpaired) electrons. The van der Waals surface area contributed by atoms with Gasteiger partial charge in [0.15, 0.2) is 0 Å². The molecule has 1 aromatic heterocycles. The maximum Gasteiger partial charge on any atom is 0.335 e. The third-order valence-electron chi connectivity index (χ3n) is 4.71. The number of hydrogen-bond donors (Lipinski definition) is 2. The largest absolute Gasteiger partial charge is 0.478 e. The van der Waals surface area contributed by atoms with E-state index in [0.717, 1.165) is 17.8 Å². The van der Waals surface area contributed by atoms with Crippen molar-refractivity contribution in [2.75, 3.05) is 20.6 Å². The van der Waals surface area contributed by atoms with Crippen LogP contribution in [-0.2, 0) is 24.4 Å². The molecule has 2 N–H and O–H groups in total. The summed E-state index contributed by atoms with van der Waals surface area (Å²) in [5.74, 6) is -1.07. The topological polar surface area (TPSA) is 98.9 Å². The van der Waals surface area contributed by atoms with Gasteiger partial charge in [0, 0.05) is 33.7 Å². The van der Waals surface area contributed by atoms with Gasteiger partial charge in [-0.15, -0.1) is 0 Å². The number of carboxylic acid groups (broad SMARTS) is 1. The summed E-state index contributed by atoms with van der Waals surface area (Å²) < 4.78 is 1.88. The van der Waals surface area contributed by atoms with Crippen LogP contribution in [0.1, 0.15) is 39.8 Å². The first-order valence-electron chi connectivity index (χ1n) is 8.83. The molecular formula is C19H24N4O4. The summed E-state index contributed by atoms with van der Waals surface area (Å²) in [6.07, 6.45) is -0.890. The molecule has 1 unspecified atom stereocenters. The Kier molecular flexibility index (Phi) is 5.57. The Labute approximate surface area is 157 Å². The van der Waals surface area contributed by atoms with E-state index in [0.29, 0.717) is 25.3 Å². The first kappa shape index (κ1) is 19.1. The molecule has 0 aliphatic carbocycles. The van der Waals surface area contributed by atoms with Crippen molar-refractivity contribution >= 4 is 11.9 Å². The van der Waals surface area contributed by atoms with Gasteiger partial charge in [0.05, 0.1) is 29.9 Å². The Morgan fingerprint density at radius 1 is 1.22 bits per heavy atom. The van der Waals surface area contributed by atoms with Gasteiger partial charge in [-0.2, -0.15) is 5.10 Å². The van der Waals surface area contributed by atoms with E-state index in [1.807, 2.05) is 22.9 Å². The standard InChI is InChI=1S/C19H24N4O4/c1-21(2)18(25)10-17(24)16-9-15-12-22(7-8-23(15)20-16)11-13-3-5-14(6-4-13)19(26)27/h3-6,9,17,24H,7-8,10-12H2,1-2H3,(H,26,27). The molecule has 1 aliphatic rings. The Bertz CT molecular complexity index is 829. The van der Waals surface area contributed by atoms with Gasteiger partial charge in [-0.3, -0.25) is 14.4 Å². The van der Waals surface area contributed by atoms with Crippen molar-refractivity contribution in [3.63, 3.8) is 0 Å². The molecule has 27 heavy (non-hydrogen) atoms. The van der Waals surface area contributed by atoms with Crippen LogP contribution in [0.5, 0.6) is 0 Å². The van der Waals surface area contributed by atoms with Crippen LogP contribution in [0.3, 0.4) is 0 Å². The fourth-order valence-corrected chi connectivity index (χ4v) is 3.10. The third kappa shape index (κ3) is 4.53. The Morgan fingerprint density at radius 2 is 1.93 bits per heavy atom. The molecular weight excluding hydrogens is 348 g/mol. The van der Waals surface area contributed by atoms with Gasteiger partial charge in [-0.1, -0.05) is 12.1 Å². The van der Waals surface area contributed by atoms with Gasteiger partial charge in [-0.05, 0) is 23.8 Å². The molecule has 1 atom stereocenters. The zero-order chi connectivity index (χ0) is 19.6. The molecule has 144 valence electrons. The van der Waals surface area contributed by atoms with Crippen LogP contribution in [0.2, 0.25) is 0 Å². The third-order valence-corrected chi connectivity index (χ3v) is 4.71. The molecule has 3 rings (SSSR count). The zero-order valence-corrected chi connectivity index (χ0v) is 15.5. The first-order chi connectivity index (χ1) is 12.8. The first-order valence-corrected chi connectivity index (χ1v) is 8.83. The van der Waals surface area contributed by atoms with E-state index in [9.17, 15) is 14.7 Å². The van der Waals surface area contributed by atoms with E-state index in [2.05, 4.69) is 10.00 Å². The number of aliphatic hydroxyl groups is 1. The smallest absolute Gasteiger partial charge is 0.335 e. The minimum absolute atomic E-state index is 0.0170. The molecule has 2 heterocycles. The van der Waals surface area contributed by atoms with E-state index < -0.39 is 12.1 Å². The average molecular weight is 372 g/mol. The molecule has 0 bridgehead atoms.